The second-order valence-corrected chi connectivity index (χ2v) is 6.03. The van der Waals surface area contributed by atoms with Gasteiger partial charge in [0, 0.05) is 37.2 Å². The van der Waals surface area contributed by atoms with E-state index in [1.165, 1.54) is 12.0 Å². The first kappa shape index (κ1) is 21.0. The van der Waals surface area contributed by atoms with Crippen molar-refractivity contribution in [2.45, 2.75) is 33.2 Å². The van der Waals surface area contributed by atoms with Crippen molar-refractivity contribution in [3.05, 3.63) is 34.3 Å². The van der Waals surface area contributed by atoms with Crippen molar-refractivity contribution in [3.8, 4) is 0 Å². The molecule has 2 atom stereocenters. The molecule has 0 radical (unpaired) electrons. The molecule has 0 spiro atoms. The molecule has 0 bridgehead atoms. The monoisotopic (exact) mass is 352 g/mol. The first-order valence-corrected chi connectivity index (χ1v) is 7.72. The summed E-state index contributed by atoms with van der Waals surface area (Å²) >= 11 is 6.31. The van der Waals surface area contributed by atoms with E-state index in [0.29, 0.717) is 12.0 Å². The SMILES string of the molecule is CCC(C)[C@H](c1ccc(C)c(Cl)c1)N1CCNCC1.Cl.Cl. The summed E-state index contributed by atoms with van der Waals surface area (Å²) in [5, 5.41) is 4.32. The Hall–Kier alpha value is 0.01000. The fourth-order valence-electron chi connectivity index (χ4n) is 2.88. The van der Waals surface area contributed by atoms with E-state index in [1.807, 2.05) is 0 Å². The average molecular weight is 354 g/mol. The molecular weight excluding hydrogens is 327 g/mol. The molecule has 122 valence electrons. The van der Waals surface area contributed by atoms with Crippen LogP contribution in [0.4, 0.5) is 0 Å². The summed E-state index contributed by atoms with van der Waals surface area (Å²) in [5.74, 6) is 0.650. The molecular formula is C16H27Cl3N2. The third-order valence-corrected chi connectivity index (χ3v) is 4.67. The highest BCUT2D eigenvalue weighted by Crippen LogP contribution is 2.33. The zero-order valence-electron chi connectivity index (χ0n) is 13.1. The number of hydrogen-bond acceptors (Lipinski definition) is 2. The van der Waals surface area contributed by atoms with Crippen LogP contribution in [0.5, 0.6) is 0 Å². The Kier molecular flexibility index (Phi) is 9.92. The highest BCUT2D eigenvalue weighted by Gasteiger charge is 2.26. The smallest absolute Gasteiger partial charge is 0.0438 e. The molecule has 1 aliphatic heterocycles. The van der Waals surface area contributed by atoms with Gasteiger partial charge in [-0.05, 0) is 30.0 Å². The lowest BCUT2D eigenvalue weighted by Gasteiger charge is -2.38. The Morgan fingerprint density at radius 2 is 1.86 bits per heavy atom. The lowest BCUT2D eigenvalue weighted by molar-refractivity contribution is 0.128. The van der Waals surface area contributed by atoms with E-state index in [9.17, 15) is 0 Å². The van der Waals surface area contributed by atoms with E-state index in [1.54, 1.807) is 0 Å². The summed E-state index contributed by atoms with van der Waals surface area (Å²) in [6, 6.07) is 7.05. The molecule has 5 heteroatoms. The van der Waals surface area contributed by atoms with Gasteiger partial charge in [-0.25, -0.2) is 0 Å². The van der Waals surface area contributed by atoms with Crippen molar-refractivity contribution >= 4 is 36.4 Å². The van der Waals surface area contributed by atoms with Crippen LogP contribution in [0.1, 0.15) is 37.4 Å². The maximum atomic E-state index is 6.31. The number of aryl methyl sites for hydroxylation is 1. The standard InChI is InChI=1S/C16H25ClN2.2ClH/c1-4-12(2)16(19-9-7-18-8-10-19)14-6-5-13(3)15(17)11-14;;/h5-6,11-12,16,18H,4,7-10H2,1-3H3;2*1H/t12?,16-;;/m1../s1. The maximum Gasteiger partial charge on any atom is 0.0438 e. The molecule has 0 saturated carbocycles. The maximum absolute atomic E-state index is 6.31. The van der Waals surface area contributed by atoms with Crippen molar-refractivity contribution in [3.63, 3.8) is 0 Å². The topological polar surface area (TPSA) is 15.3 Å². The van der Waals surface area contributed by atoms with E-state index in [0.717, 1.165) is 36.8 Å². The van der Waals surface area contributed by atoms with Gasteiger partial charge < -0.3 is 5.32 Å². The molecule has 0 aliphatic carbocycles. The first-order chi connectivity index (χ1) is 9.13. The van der Waals surface area contributed by atoms with Crippen molar-refractivity contribution in [2.24, 2.45) is 5.92 Å². The van der Waals surface area contributed by atoms with E-state index in [2.05, 4.69) is 49.2 Å². The van der Waals surface area contributed by atoms with Crippen LogP contribution >= 0.6 is 36.4 Å². The third kappa shape index (κ3) is 5.30. The van der Waals surface area contributed by atoms with Crippen molar-refractivity contribution in [1.82, 2.24) is 10.2 Å². The largest absolute Gasteiger partial charge is 0.314 e. The number of nitrogens with zero attached hydrogens (tertiary/aromatic N) is 1. The number of nitrogens with one attached hydrogen (secondary N) is 1. The van der Waals surface area contributed by atoms with Gasteiger partial charge in [0.2, 0.25) is 0 Å². The van der Waals surface area contributed by atoms with Crippen LogP contribution in [0.2, 0.25) is 5.02 Å². The predicted octanol–water partition coefficient (Wildman–Crippen LogP) is 4.48. The molecule has 2 nitrogen and oxygen atoms in total. The fourth-order valence-corrected chi connectivity index (χ4v) is 3.06. The van der Waals surface area contributed by atoms with Gasteiger partial charge in [-0.3, -0.25) is 4.90 Å². The molecule has 21 heavy (non-hydrogen) atoms. The number of rotatable bonds is 4. The number of hydrogen-bond donors (Lipinski definition) is 1. The van der Waals surface area contributed by atoms with Gasteiger partial charge in [-0.2, -0.15) is 0 Å². The van der Waals surface area contributed by atoms with Crippen LogP contribution in [0.25, 0.3) is 0 Å². The molecule has 1 saturated heterocycles. The van der Waals surface area contributed by atoms with Crippen molar-refractivity contribution in [1.29, 1.82) is 0 Å². The Morgan fingerprint density at radius 3 is 2.38 bits per heavy atom. The number of benzene rings is 1. The fraction of sp³-hybridized carbons (Fsp3) is 0.625. The van der Waals surface area contributed by atoms with Crippen LogP contribution in [-0.2, 0) is 0 Å². The second kappa shape index (κ2) is 9.91. The normalized spacial score (nSPS) is 18.3. The summed E-state index contributed by atoms with van der Waals surface area (Å²) in [4.78, 5) is 2.60. The summed E-state index contributed by atoms with van der Waals surface area (Å²) < 4.78 is 0. The van der Waals surface area contributed by atoms with E-state index in [-0.39, 0.29) is 24.8 Å². The third-order valence-electron chi connectivity index (χ3n) is 4.27. The molecule has 1 aromatic carbocycles. The van der Waals surface area contributed by atoms with Gasteiger partial charge >= 0.3 is 0 Å². The molecule has 1 fully saturated rings. The van der Waals surface area contributed by atoms with Gasteiger partial charge in [0.1, 0.15) is 0 Å². The minimum atomic E-state index is 0. The Bertz CT molecular complexity index is 420. The molecule has 1 aromatic rings. The van der Waals surface area contributed by atoms with Crippen LogP contribution in [0.15, 0.2) is 18.2 Å². The molecule has 0 amide bonds. The van der Waals surface area contributed by atoms with Gasteiger partial charge in [0.05, 0.1) is 0 Å². The van der Waals surface area contributed by atoms with Gasteiger partial charge in [-0.1, -0.05) is 44.0 Å². The van der Waals surface area contributed by atoms with Crippen LogP contribution in [-0.4, -0.2) is 31.1 Å². The predicted molar refractivity (Wildman–Crippen MR) is 97.3 cm³/mol. The second-order valence-electron chi connectivity index (χ2n) is 5.62. The van der Waals surface area contributed by atoms with E-state index < -0.39 is 0 Å². The van der Waals surface area contributed by atoms with Gasteiger partial charge in [0.25, 0.3) is 0 Å². The molecule has 1 heterocycles. The minimum Gasteiger partial charge on any atom is -0.314 e. The number of halogens is 3. The molecule has 1 unspecified atom stereocenters. The summed E-state index contributed by atoms with van der Waals surface area (Å²) in [5.41, 5.74) is 2.53. The van der Waals surface area contributed by atoms with Crippen LogP contribution in [0.3, 0.4) is 0 Å². The van der Waals surface area contributed by atoms with E-state index >= 15 is 0 Å². The summed E-state index contributed by atoms with van der Waals surface area (Å²) in [6.45, 7) is 11.1. The Morgan fingerprint density at radius 1 is 1.24 bits per heavy atom. The molecule has 2 rings (SSSR count). The Balaban J connectivity index is 0.00000200. The van der Waals surface area contributed by atoms with Crippen molar-refractivity contribution in [2.75, 3.05) is 26.2 Å². The first-order valence-electron chi connectivity index (χ1n) is 7.34. The average Bonchev–Trinajstić information content (AvgIpc) is 2.44. The molecule has 1 N–H and O–H groups in total. The molecule has 0 aromatic heterocycles. The van der Waals surface area contributed by atoms with E-state index in [4.69, 9.17) is 11.6 Å². The number of piperazine rings is 1. The van der Waals surface area contributed by atoms with Gasteiger partial charge in [-0.15, -0.1) is 24.8 Å². The van der Waals surface area contributed by atoms with Crippen molar-refractivity contribution < 1.29 is 0 Å². The van der Waals surface area contributed by atoms with Gasteiger partial charge in [0.15, 0.2) is 0 Å². The zero-order valence-corrected chi connectivity index (χ0v) is 15.5. The molecule has 1 aliphatic rings. The zero-order chi connectivity index (χ0) is 13.8. The highest BCUT2D eigenvalue weighted by atomic mass is 35.5. The summed E-state index contributed by atoms with van der Waals surface area (Å²) in [7, 11) is 0. The lowest BCUT2D eigenvalue weighted by Crippen LogP contribution is -2.46. The minimum absolute atomic E-state index is 0. The lowest BCUT2D eigenvalue weighted by atomic mass is 9.90. The Labute approximate surface area is 146 Å². The quantitative estimate of drug-likeness (QED) is 0.858. The summed E-state index contributed by atoms with van der Waals surface area (Å²) in [6.07, 6.45) is 1.19. The highest BCUT2D eigenvalue weighted by molar-refractivity contribution is 6.31. The van der Waals surface area contributed by atoms with Crippen LogP contribution in [0, 0.1) is 12.8 Å². The van der Waals surface area contributed by atoms with Crippen LogP contribution < -0.4 is 5.32 Å².